The average Bonchev–Trinajstić information content (AvgIpc) is 2.88. The summed E-state index contributed by atoms with van der Waals surface area (Å²) in [7, 11) is 0. The van der Waals surface area contributed by atoms with Crippen LogP contribution in [-0.4, -0.2) is 5.11 Å². The van der Waals surface area contributed by atoms with Gasteiger partial charge in [0, 0.05) is 15.8 Å². The molecule has 1 heterocycles. The number of hydrogen-bond donors (Lipinski definition) is 1. The van der Waals surface area contributed by atoms with Gasteiger partial charge in [0.2, 0.25) is 0 Å². The fourth-order valence-corrected chi connectivity index (χ4v) is 3.20. The molecular weight excluding hydrogens is 268 g/mol. The highest BCUT2D eigenvalue weighted by Gasteiger charge is 2.09. The Morgan fingerprint density at radius 3 is 2.70 bits per heavy atom. The number of benzene rings is 2. The molecule has 0 bridgehead atoms. The number of hydrogen-bond acceptors (Lipinski definition) is 3. The molecule has 0 spiro atoms. The molecule has 3 heteroatoms. The van der Waals surface area contributed by atoms with E-state index in [0.717, 1.165) is 11.3 Å². The van der Waals surface area contributed by atoms with Crippen molar-refractivity contribution >= 4 is 21.4 Å². The van der Waals surface area contributed by atoms with Crippen molar-refractivity contribution in [2.75, 3.05) is 0 Å². The zero-order valence-electron chi connectivity index (χ0n) is 11.2. The first-order valence-electron chi connectivity index (χ1n) is 6.60. The van der Waals surface area contributed by atoms with Gasteiger partial charge in [0.15, 0.2) is 0 Å². The van der Waals surface area contributed by atoms with Crippen molar-refractivity contribution in [1.82, 2.24) is 0 Å². The molecule has 3 rings (SSSR count). The van der Waals surface area contributed by atoms with Crippen LogP contribution in [0.25, 0.3) is 10.1 Å². The smallest absolute Gasteiger partial charge is 0.125 e. The van der Waals surface area contributed by atoms with Gasteiger partial charge in [0.05, 0.1) is 6.10 Å². The van der Waals surface area contributed by atoms with E-state index in [1.54, 1.807) is 18.3 Å². The predicted octanol–water partition coefficient (Wildman–Crippen LogP) is 4.53. The van der Waals surface area contributed by atoms with Crippen molar-refractivity contribution < 1.29 is 9.84 Å². The fourth-order valence-electron chi connectivity index (χ4n) is 2.26. The number of para-hydroxylation sites is 1. The maximum Gasteiger partial charge on any atom is 0.125 e. The van der Waals surface area contributed by atoms with Gasteiger partial charge in [-0.2, -0.15) is 0 Å². The highest BCUT2D eigenvalue weighted by molar-refractivity contribution is 7.17. The van der Waals surface area contributed by atoms with Crippen LogP contribution >= 0.6 is 11.3 Å². The summed E-state index contributed by atoms with van der Waals surface area (Å²) in [5, 5.41) is 13.1. The monoisotopic (exact) mass is 284 g/mol. The van der Waals surface area contributed by atoms with Crippen molar-refractivity contribution in [3.05, 3.63) is 65.0 Å². The second-order valence-corrected chi connectivity index (χ2v) is 5.67. The number of fused-ring (bicyclic) bond motifs is 1. The lowest BCUT2D eigenvalue weighted by Gasteiger charge is -2.12. The maximum atomic E-state index is 9.76. The molecule has 0 aliphatic rings. The van der Waals surface area contributed by atoms with Crippen LogP contribution in [0.5, 0.6) is 5.75 Å². The first kappa shape index (κ1) is 13.2. The number of aliphatic hydroxyl groups excluding tert-OH is 1. The Kier molecular flexibility index (Phi) is 3.72. The molecule has 0 unspecified atom stereocenters. The molecule has 1 N–H and O–H groups in total. The second-order valence-electron chi connectivity index (χ2n) is 4.76. The van der Waals surface area contributed by atoms with Crippen LogP contribution in [-0.2, 0) is 6.61 Å². The zero-order chi connectivity index (χ0) is 13.9. The Hall–Kier alpha value is -1.84. The minimum atomic E-state index is -0.523. The van der Waals surface area contributed by atoms with E-state index >= 15 is 0 Å². The number of ether oxygens (including phenoxy) is 1. The van der Waals surface area contributed by atoms with Gasteiger partial charge in [-0.1, -0.05) is 36.4 Å². The molecule has 2 aromatic carbocycles. The first-order chi connectivity index (χ1) is 9.75. The minimum absolute atomic E-state index is 0.522. The Bertz CT molecular complexity index is 716. The SMILES string of the molecule is C[C@H](O)c1ccccc1OCc1csc2ccccc12. The molecule has 1 atom stereocenters. The molecule has 102 valence electrons. The Labute approximate surface area is 122 Å². The summed E-state index contributed by atoms with van der Waals surface area (Å²) in [6.45, 7) is 2.27. The van der Waals surface area contributed by atoms with Gasteiger partial charge in [-0.3, -0.25) is 0 Å². The van der Waals surface area contributed by atoms with Crippen LogP contribution < -0.4 is 4.74 Å². The van der Waals surface area contributed by atoms with Gasteiger partial charge in [-0.05, 0) is 29.8 Å². The summed E-state index contributed by atoms with van der Waals surface area (Å²) in [4.78, 5) is 0. The van der Waals surface area contributed by atoms with E-state index in [2.05, 4.69) is 17.5 Å². The van der Waals surface area contributed by atoms with Gasteiger partial charge >= 0.3 is 0 Å². The van der Waals surface area contributed by atoms with Gasteiger partial charge < -0.3 is 9.84 Å². The van der Waals surface area contributed by atoms with Crippen LogP contribution in [0.1, 0.15) is 24.2 Å². The average molecular weight is 284 g/mol. The molecule has 2 nitrogen and oxygen atoms in total. The lowest BCUT2D eigenvalue weighted by Crippen LogP contribution is -2.00. The highest BCUT2D eigenvalue weighted by Crippen LogP contribution is 2.29. The van der Waals surface area contributed by atoms with Gasteiger partial charge in [0.25, 0.3) is 0 Å². The molecule has 0 saturated heterocycles. The van der Waals surface area contributed by atoms with Gasteiger partial charge in [-0.15, -0.1) is 11.3 Å². The second kappa shape index (κ2) is 5.65. The van der Waals surface area contributed by atoms with Crippen LogP contribution in [0.4, 0.5) is 0 Å². The van der Waals surface area contributed by atoms with Crippen LogP contribution in [0.2, 0.25) is 0 Å². The summed E-state index contributed by atoms with van der Waals surface area (Å²) < 4.78 is 7.17. The number of rotatable bonds is 4. The molecule has 20 heavy (non-hydrogen) atoms. The molecule has 0 aliphatic heterocycles. The van der Waals surface area contributed by atoms with Crippen molar-refractivity contribution in [2.24, 2.45) is 0 Å². The molecule has 0 saturated carbocycles. The summed E-state index contributed by atoms with van der Waals surface area (Å²) in [5.74, 6) is 0.748. The lowest BCUT2D eigenvalue weighted by molar-refractivity contribution is 0.190. The first-order valence-corrected chi connectivity index (χ1v) is 7.48. The summed E-state index contributed by atoms with van der Waals surface area (Å²) in [5.41, 5.74) is 2.01. The molecular formula is C17H16O2S. The third-order valence-corrected chi connectivity index (χ3v) is 4.33. The van der Waals surface area contributed by atoms with E-state index in [-0.39, 0.29) is 0 Å². The minimum Gasteiger partial charge on any atom is -0.488 e. The fraction of sp³-hybridized carbons (Fsp3) is 0.176. The normalized spacial score (nSPS) is 12.5. The van der Waals surface area contributed by atoms with Gasteiger partial charge in [0.1, 0.15) is 12.4 Å². The molecule has 3 aromatic rings. The van der Waals surface area contributed by atoms with E-state index < -0.39 is 6.10 Å². The van der Waals surface area contributed by atoms with Crippen molar-refractivity contribution in [3.8, 4) is 5.75 Å². The van der Waals surface area contributed by atoms with E-state index in [4.69, 9.17) is 4.74 Å². The highest BCUT2D eigenvalue weighted by atomic mass is 32.1. The van der Waals surface area contributed by atoms with Crippen molar-refractivity contribution in [1.29, 1.82) is 0 Å². The Morgan fingerprint density at radius 1 is 1.10 bits per heavy atom. The van der Waals surface area contributed by atoms with Gasteiger partial charge in [-0.25, -0.2) is 0 Å². The van der Waals surface area contributed by atoms with Crippen LogP contribution in [0.15, 0.2) is 53.9 Å². The molecule has 0 radical (unpaired) electrons. The largest absolute Gasteiger partial charge is 0.488 e. The summed E-state index contributed by atoms with van der Waals surface area (Å²) in [6.07, 6.45) is -0.523. The third-order valence-electron chi connectivity index (χ3n) is 3.31. The number of aliphatic hydroxyl groups is 1. The number of thiophene rings is 1. The molecule has 0 amide bonds. The van der Waals surface area contributed by atoms with Crippen molar-refractivity contribution in [2.45, 2.75) is 19.6 Å². The lowest BCUT2D eigenvalue weighted by atomic mass is 10.1. The van der Waals surface area contributed by atoms with Crippen molar-refractivity contribution in [3.63, 3.8) is 0 Å². The topological polar surface area (TPSA) is 29.5 Å². The summed E-state index contributed by atoms with van der Waals surface area (Å²) >= 11 is 1.73. The predicted molar refractivity (Wildman–Crippen MR) is 83.2 cm³/mol. The third kappa shape index (κ3) is 2.55. The molecule has 0 aliphatic carbocycles. The van der Waals surface area contributed by atoms with E-state index in [1.807, 2.05) is 36.4 Å². The maximum absolute atomic E-state index is 9.76. The van der Waals surface area contributed by atoms with Crippen LogP contribution in [0.3, 0.4) is 0 Å². The van der Waals surface area contributed by atoms with Crippen LogP contribution in [0, 0.1) is 0 Å². The molecule has 0 fully saturated rings. The van der Waals surface area contributed by atoms with E-state index in [1.165, 1.54) is 15.6 Å². The Morgan fingerprint density at radius 2 is 1.85 bits per heavy atom. The van der Waals surface area contributed by atoms with E-state index in [9.17, 15) is 5.11 Å². The standard InChI is InChI=1S/C17H16O2S/c1-12(18)14-6-2-4-8-16(14)19-10-13-11-20-17-9-5-3-7-15(13)17/h2-9,11-12,18H,10H2,1H3/t12-/m0/s1. The molecule has 1 aromatic heterocycles. The summed E-state index contributed by atoms with van der Waals surface area (Å²) in [6, 6.07) is 16.0. The van der Waals surface area contributed by atoms with E-state index in [0.29, 0.717) is 6.61 Å². The Balaban J connectivity index is 1.83. The zero-order valence-corrected chi connectivity index (χ0v) is 12.1. The quantitative estimate of drug-likeness (QED) is 0.762.